The fraction of sp³-hybridized carbons (Fsp3) is 0.333. The number of anilines is 1. The molecule has 3 aromatic rings. The van der Waals surface area contributed by atoms with Crippen molar-refractivity contribution >= 4 is 66.7 Å². The van der Waals surface area contributed by atoms with Gasteiger partial charge in [0.1, 0.15) is 12.6 Å². The van der Waals surface area contributed by atoms with Crippen LogP contribution in [0.15, 0.2) is 76.1 Å². The van der Waals surface area contributed by atoms with Crippen LogP contribution in [0.25, 0.3) is 0 Å². The van der Waals surface area contributed by atoms with Gasteiger partial charge in [-0.15, -0.1) is 0 Å². The van der Waals surface area contributed by atoms with Gasteiger partial charge in [0.15, 0.2) is 0 Å². The summed E-state index contributed by atoms with van der Waals surface area (Å²) >= 11 is 16.0. The van der Waals surface area contributed by atoms with E-state index in [-0.39, 0.29) is 23.4 Å². The van der Waals surface area contributed by atoms with Crippen molar-refractivity contribution in [1.82, 2.24) is 10.2 Å². The lowest BCUT2D eigenvalue weighted by molar-refractivity contribution is -0.140. The third kappa shape index (κ3) is 8.47. The molecule has 0 spiro atoms. The van der Waals surface area contributed by atoms with Crippen LogP contribution >= 0.6 is 39.1 Å². The first kappa shape index (κ1) is 32.9. The number of amides is 2. The van der Waals surface area contributed by atoms with E-state index in [0.717, 1.165) is 9.87 Å². The summed E-state index contributed by atoms with van der Waals surface area (Å²) in [4.78, 5) is 29.0. The summed E-state index contributed by atoms with van der Waals surface area (Å²) in [6, 6.07) is 17.1. The maximum Gasteiger partial charge on any atom is 0.264 e. The molecule has 0 saturated heterocycles. The maximum absolute atomic E-state index is 14.1. The number of benzene rings is 3. The van der Waals surface area contributed by atoms with Crippen molar-refractivity contribution in [2.75, 3.05) is 10.8 Å². The summed E-state index contributed by atoms with van der Waals surface area (Å²) < 4.78 is 29.6. The molecule has 7 nitrogen and oxygen atoms in total. The molecule has 3 rings (SSSR count). The molecule has 0 aliphatic carbocycles. The molecular formula is C30H34BrCl2N3O4S. The van der Waals surface area contributed by atoms with E-state index in [1.807, 2.05) is 20.8 Å². The van der Waals surface area contributed by atoms with E-state index in [2.05, 4.69) is 21.2 Å². The highest BCUT2D eigenvalue weighted by Crippen LogP contribution is 2.28. The van der Waals surface area contributed by atoms with Crippen molar-refractivity contribution in [1.29, 1.82) is 0 Å². The first-order chi connectivity index (χ1) is 19.4. The Morgan fingerprint density at radius 1 is 0.976 bits per heavy atom. The monoisotopic (exact) mass is 681 g/mol. The number of sulfonamides is 1. The van der Waals surface area contributed by atoms with Gasteiger partial charge >= 0.3 is 0 Å². The predicted octanol–water partition coefficient (Wildman–Crippen LogP) is 6.98. The second kappa shape index (κ2) is 14.5. The standard InChI is InChI=1S/C30H34BrCl2N3O4S/c1-5-21(4)34-30(38)28(6-2)35(18-22-12-13-24(32)17-27(22)33)29(37)19-36(25-9-7-8-23(31)16-25)41(39,40)26-14-10-20(3)11-15-26/h7-17,21,28H,5-6,18-19H2,1-4H3,(H,34,38)/t21-,28-/m1/s1. The van der Waals surface area contributed by atoms with Crippen molar-refractivity contribution in [2.24, 2.45) is 0 Å². The number of nitrogens with one attached hydrogen (secondary N) is 1. The second-order valence-corrected chi connectivity index (χ2v) is 13.4. The van der Waals surface area contributed by atoms with Crippen LogP contribution in [0.4, 0.5) is 5.69 Å². The average molecular weight is 683 g/mol. The number of hydrogen-bond acceptors (Lipinski definition) is 4. The van der Waals surface area contributed by atoms with Crippen molar-refractivity contribution in [3.63, 3.8) is 0 Å². The average Bonchev–Trinajstić information content (AvgIpc) is 2.92. The van der Waals surface area contributed by atoms with E-state index >= 15 is 0 Å². The molecule has 3 aromatic carbocycles. The lowest BCUT2D eigenvalue weighted by atomic mass is 10.1. The van der Waals surface area contributed by atoms with Gasteiger partial charge in [-0.3, -0.25) is 13.9 Å². The lowest BCUT2D eigenvalue weighted by Crippen LogP contribution is -2.53. The van der Waals surface area contributed by atoms with Crippen LogP contribution in [-0.4, -0.2) is 43.8 Å². The smallest absolute Gasteiger partial charge is 0.264 e. The predicted molar refractivity (Wildman–Crippen MR) is 169 cm³/mol. The minimum atomic E-state index is -4.16. The fourth-order valence-electron chi connectivity index (χ4n) is 4.19. The van der Waals surface area contributed by atoms with E-state index < -0.39 is 28.5 Å². The van der Waals surface area contributed by atoms with Crippen LogP contribution in [0.1, 0.15) is 44.7 Å². The lowest BCUT2D eigenvalue weighted by Gasteiger charge is -2.34. The van der Waals surface area contributed by atoms with Gasteiger partial charge in [-0.05, 0) is 74.7 Å². The van der Waals surface area contributed by atoms with Gasteiger partial charge in [0.2, 0.25) is 11.8 Å². The molecule has 0 radical (unpaired) electrons. The molecule has 11 heteroatoms. The van der Waals surface area contributed by atoms with E-state index in [1.54, 1.807) is 61.5 Å². The highest BCUT2D eigenvalue weighted by molar-refractivity contribution is 9.10. The van der Waals surface area contributed by atoms with Crippen LogP contribution < -0.4 is 9.62 Å². The highest BCUT2D eigenvalue weighted by Gasteiger charge is 2.34. The Labute approximate surface area is 261 Å². The largest absolute Gasteiger partial charge is 0.352 e. The summed E-state index contributed by atoms with van der Waals surface area (Å²) in [5.74, 6) is -0.881. The van der Waals surface area contributed by atoms with E-state index in [4.69, 9.17) is 23.2 Å². The Morgan fingerprint density at radius 3 is 2.24 bits per heavy atom. The Kier molecular flexibility index (Phi) is 11.7. The van der Waals surface area contributed by atoms with Crippen molar-refractivity contribution in [3.8, 4) is 0 Å². The minimum absolute atomic E-state index is 0.0157. The summed E-state index contributed by atoms with van der Waals surface area (Å²) in [7, 11) is -4.16. The van der Waals surface area contributed by atoms with E-state index in [9.17, 15) is 18.0 Å². The van der Waals surface area contributed by atoms with Gasteiger partial charge in [-0.2, -0.15) is 0 Å². The molecule has 0 unspecified atom stereocenters. The Morgan fingerprint density at radius 2 is 1.66 bits per heavy atom. The quantitative estimate of drug-likeness (QED) is 0.223. The van der Waals surface area contributed by atoms with Gasteiger partial charge in [0.25, 0.3) is 10.0 Å². The number of aryl methyl sites for hydroxylation is 1. The Balaban J connectivity index is 2.08. The van der Waals surface area contributed by atoms with Gasteiger partial charge < -0.3 is 10.2 Å². The van der Waals surface area contributed by atoms with E-state index in [1.165, 1.54) is 17.0 Å². The third-order valence-electron chi connectivity index (χ3n) is 6.73. The molecule has 220 valence electrons. The number of carbonyl (C=O) groups excluding carboxylic acids is 2. The zero-order valence-electron chi connectivity index (χ0n) is 23.4. The maximum atomic E-state index is 14.1. The molecule has 2 amide bonds. The zero-order chi connectivity index (χ0) is 30.3. The molecule has 0 fully saturated rings. The number of carbonyl (C=O) groups is 2. The summed E-state index contributed by atoms with van der Waals surface area (Å²) in [6.45, 7) is 6.95. The van der Waals surface area contributed by atoms with Crippen LogP contribution in [0.3, 0.4) is 0 Å². The van der Waals surface area contributed by atoms with E-state index in [0.29, 0.717) is 38.6 Å². The molecule has 0 saturated carbocycles. The third-order valence-corrected chi connectivity index (χ3v) is 9.60. The van der Waals surface area contributed by atoms with Gasteiger partial charge in [0, 0.05) is 27.1 Å². The van der Waals surface area contributed by atoms with Gasteiger partial charge in [0.05, 0.1) is 10.6 Å². The molecule has 0 aliphatic rings. The first-order valence-corrected chi connectivity index (χ1v) is 16.2. The van der Waals surface area contributed by atoms with Crippen LogP contribution in [0, 0.1) is 6.92 Å². The van der Waals surface area contributed by atoms with Crippen molar-refractivity contribution in [3.05, 3.63) is 92.4 Å². The number of halogens is 3. The SMILES string of the molecule is CC[C@@H](C)NC(=O)[C@@H](CC)N(Cc1ccc(Cl)cc1Cl)C(=O)CN(c1cccc(Br)c1)S(=O)(=O)c1ccc(C)cc1. The number of hydrogen-bond donors (Lipinski definition) is 1. The Hall–Kier alpha value is -2.59. The Bertz CT molecular complexity index is 1490. The number of nitrogens with zero attached hydrogens (tertiary/aromatic N) is 2. The zero-order valence-corrected chi connectivity index (χ0v) is 27.3. The molecule has 0 heterocycles. The van der Waals surface area contributed by atoms with Gasteiger partial charge in [-0.1, -0.05) is 82.8 Å². The molecule has 0 aliphatic heterocycles. The summed E-state index contributed by atoms with van der Waals surface area (Å²) in [6.07, 6.45) is 1.02. The van der Waals surface area contributed by atoms with Crippen molar-refractivity contribution < 1.29 is 18.0 Å². The molecule has 1 N–H and O–H groups in total. The summed E-state index contributed by atoms with van der Waals surface area (Å²) in [5.41, 5.74) is 1.78. The van der Waals surface area contributed by atoms with Crippen LogP contribution in [-0.2, 0) is 26.2 Å². The van der Waals surface area contributed by atoms with Crippen molar-refractivity contribution in [2.45, 2.75) is 64.1 Å². The highest BCUT2D eigenvalue weighted by atomic mass is 79.9. The topological polar surface area (TPSA) is 86.8 Å². The van der Waals surface area contributed by atoms with Gasteiger partial charge in [-0.25, -0.2) is 8.42 Å². The summed E-state index contributed by atoms with van der Waals surface area (Å²) in [5, 5.41) is 3.72. The molecular weight excluding hydrogens is 649 g/mol. The van der Waals surface area contributed by atoms with Crippen LogP contribution in [0.2, 0.25) is 10.0 Å². The normalized spacial score (nSPS) is 12.9. The minimum Gasteiger partial charge on any atom is -0.352 e. The van der Waals surface area contributed by atoms with Crippen LogP contribution in [0.5, 0.6) is 0 Å². The fourth-order valence-corrected chi connectivity index (χ4v) is 6.45. The first-order valence-electron chi connectivity index (χ1n) is 13.3. The molecule has 41 heavy (non-hydrogen) atoms. The molecule has 0 aromatic heterocycles. The molecule has 2 atom stereocenters. The second-order valence-electron chi connectivity index (χ2n) is 9.80. The molecule has 0 bridgehead atoms. The number of rotatable bonds is 12.